The van der Waals surface area contributed by atoms with Crippen LogP contribution in [0.25, 0.3) is 79.8 Å². The van der Waals surface area contributed by atoms with Gasteiger partial charge in [-0.3, -0.25) is 0 Å². The summed E-state index contributed by atoms with van der Waals surface area (Å²) in [5, 5.41) is 0. The minimum atomic E-state index is 0.698. The van der Waals surface area contributed by atoms with E-state index in [0.717, 1.165) is 78.2 Å². The van der Waals surface area contributed by atoms with Gasteiger partial charge in [0.15, 0.2) is 0 Å². The van der Waals surface area contributed by atoms with Gasteiger partial charge in [0.05, 0.1) is 22.8 Å². The van der Waals surface area contributed by atoms with Gasteiger partial charge in [-0.05, 0) is 95.6 Å². The van der Waals surface area contributed by atoms with Crippen molar-refractivity contribution in [1.29, 1.82) is 0 Å². The van der Waals surface area contributed by atoms with Gasteiger partial charge in [-0.2, -0.15) is 0 Å². The first-order chi connectivity index (χ1) is 21.6. The van der Waals surface area contributed by atoms with E-state index in [1.165, 1.54) is 0 Å². The summed E-state index contributed by atoms with van der Waals surface area (Å²) in [5.41, 5.74) is 27.1. The van der Waals surface area contributed by atoms with Crippen LogP contribution in [0.1, 0.15) is 22.8 Å². The van der Waals surface area contributed by atoms with Crippen molar-refractivity contribution in [2.75, 3.05) is 11.5 Å². The lowest BCUT2D eigenvalue weighted by Crippen LogP contribution is -1.90. The Hall–Kier alpha value is -6.14. The van der Waals surface area contributed by atoms with E-state index in [2.05, 4.69) is 94.9 Å². The van der Waals surface area contributed by atoms with Crippen molar-refractivity contribution in [2.45, 2.75) is 0 Å². The Kier molecular flexibility index (Phi) is 5.98. The van der Waals surface area contributed by atoms with E-state index >= 15 is 0 Å². The number of nitrogens with zero attached hydrogens (tertiary/aromatic N) is 2. The lowest BCUT2D eigenvalue weighted by molar-refractivity contribution is 1.31. The molecule has 0 unspecified atom stereocenters. The summed E-state index contributed by atoms with van der Waals surface area (Å²) < 4.78 is 0. The molecule has 0 saturated carbocycles. The molecule has 0 saturated heterocycles. The van der Waals surface area contributed by atoms with E-state index in [1.807, 2.05) is 48.5 Å². The second kappa shape index (κ2) is 10.3. The molecule has 2 aliphatic heterocycles. The molecule has 3 aromatic carbocycles. The van der Waals surface area contributed by atoms with E-state index in [1.54, 1.807) is 0 Å². The number of fused-ring (bicyclic) bond motifs is 8. The van der Waals surface area contributed by atoms with Gasteiger partial charge in [0, 0.05) is 50.1 Å². The number of nitrogens with one attached hydrogen (secondary N) is 2. The van der Waals surface area contributed by atoms with Gasteiger partial charge in [-0.25, -0.2) is 9.97 Å². The molecule has 0 radical (unpaired) electrons. The number of rotatable bonds is 3. The van der Waals surface area contributed by atoms with Crippen molar-refractivity contribution in [3.63, 3.8) is 0 Å². The van der Waals surface area contributed by atoms with Crippen LogP contribution in [0.5, 0.6) is 0 Å². The third-order valence-corrected chi connectivity index (χ3v) is 7.99. The molecule has 0 aliphatic carbocycles. The van der Waals surface area contributed by atoms with Crippen LogP contribution in [0.4, 0.5) is 11.4 Å². The molecule has 8 bridgehead atoms. The Morgan fingerprint density at radius 1 is 0.432 bits per heavy atom. The number of H-pyrrole nitrogens is 2. The first-order valence-electron chi connectivity index (χ1n) is 14.5. The smallest absolute Gasteiger partial charge is 0.0737 e. The van der Waals surface area contributed by atoms with Crippen molar-refractivity contribution in [2.24, 2.45) is 0 Å². The van der Waals surface area contributed by atoms with Crippen molar-refractivity contribution >= 4 is 57.7 Å². The van der Waals surface area contributed by atoms with E-state index in [4.69, 9.17) is 21.4 Å². The van der Waals surface area contributed by atoms with Gasteiger partial charge in [0.25, 0.3) is 0 Å². The van der Waals surface area contributed by atoms with Crippen LogP contribution >= 0.6 is 0 Å². The Labute approximate surface area is 254 Å². The van der Waals surface area contributed by atoms with Crippen molar-refractivity contribution in [3.05, 3.63) is 132 Å². The maximum Gasteiger partial charge on any atom is 0.0737 e. The molecule has 6 N–H and O–H groups in total. The Morgan fingerprint density at radius 3 is 1.59 bits per heavy atom. The molecule has 2 aliphatic rings. The molecular weight excluding hydrogens is 540 g/mol. The molecule has 6 nitrogen and oxygen atoms in total. The second-order valence-corrected chi connectivity index (χ2v) is 11.0. The Morgan fingerprint density at radius 2 is 0.955 bits per heavy atom. The van der Waals surface area contributed by atoms with Crippen LogP contribution in [-0.2, 0) is 0 Å². The van der Waals surface area contributed by atoms with Crippen LogP contribution < -0.4 is 11.5 Å². The fourth-order valence-corrected chi connectivity index (χ4v) is 6.04. The minimum absolute atomic E-state index is 0.698. The van der Waals surface area contributed by atoms with Gasteiger partial charge in [-0.1, -0.05) is 54.6 Å². The summed E-state index contributed by atoms with van der Waals surface area (Å²) in [5.74, 6) is 0. The molecule has 6 heteroatoms. The molecule has 0 amide bonds. The lowest BCUT2D eigenvalue weighted by atomic mass is 10.0. The molecular formula is C38H28N6. The van der Waals surface area contributed by atoms with Gasteiger partial charge < -0.3 is 21.4 Å². The molecule has 5 heterocycles. The van der Waals surface area contributed by atoms with Crippen LogP contribution in [-0.4, -0.2) is 19.9 Å². The third kappa shape index (κ3) is 4.55. The highest BCUT2D eigenvalue weighted by Crippen LogP contribution is 2.36. The number of hydrogen-bond acceptors (Lipinski definition) is 4. The van der Waals surface area contributed by atoms with Gasteiger partial charge in [0.1, 0.15) is 0 Å². The summed E-state index contributed by atoms with van der Waals surface area (Å²) in [4.78, 5) is 17.6. The minimum Gasteiger partial charge on any atom is -0.399 e. The number of anilines is 2. The number of nitrogen functional groups attached to an aromatic ring is 2. The first kappa shape index (κ1) is 25.6. The fourth-order valence-electron chi connectivity index (χ4n) is 6.04. The molecule has 0 atom stereocenters. The molecule has 3 aromatic heterocycles. The average molecular weight is 569 g/mol. The van der Waals surface area contributed by atoms with Crippen molar-refractivity contribution in [3.8, 4) is 33.4 Å². The number of hydrogen-bond donors (Lipinski definition) is 4. The average Bonchev–Trinajstić information content (AvgIpc) is 3.85. The zero-order valence-electron chi connectivity index (χ0n) is 23.8. The number of aromatic nitrogens is 4. The zero-order chi connectivity index (χ0) is 29.6. The second-order valence-electron chi connectivity index (χ2n) is 11.0. The summed E-state index contributed by atoms with van der Waals surface area (Å²) in [6, 6.07) is 36.7. The Balaban J connectivity index is 1.54. The molecule has 44 heavy (non-hydrogen) atoms. The molecule has 210 valence electrons. The summed E-state index contributed by atoms with van der Waals surface area (Å²) in [6.45, 7) is 0. The van der Waals surface area contributed by atoms with Crippen LogP contribution in [0.3, 0.4) is 0 Å². The molecule has 0 spiro atoms. The van der Waals surface area contributed by atoms with Gasteiger partial charge in [-0.15, -0.1) is 0 Å². The number of nitrogens with two attached hydrogens (primary N) is 2. The highest BCUT2D eigenvalue weighted by molar-refractivity contribution is 5.97. The van der Waals surface area contributed by atoms with Gasteiger partial charge >= 0.3 is 0 Å². The summed E-state index contributed by atoms with van der Waals surface area (Å²) in [7, 11) is 0. The molecule has 0 fully saturated rings. The maximum absolute atomic E-state index is 6.25. The van der Waals surface area contributed by atoms with Crippen LogP contribution in [0, 0.1) is 0 Å². The van der Waals surface area contributed by atoms with Crippen molar-refractivity contribution in [1.82, 2.24) is 19.9 Å². The molecule has 8 rings (SSSR count). The number of benzene rings is 3. The largest absolute Gasteiger partial charge is 0.399 e. The summed E-state index contributed by atoms with van der Waals surface area (Å²) >= 11 is 0. The first-order valence-corrected chi connectivity index (χ1v) is 14.5. The third-order valence-electron chi connectivity index (χ3n) is 7.99. The normalized spacial score (nSPS) is 12.1. The topological polar surface area (TPSA) is 109 Å². The zero-order valence-corrected chi connectivity index (χ0v) is 23.8. The predicted molar refractivity (Wildman–Crippen MR) is 184 cm³/mol. The highest BCUT2D eigenvalue weighted by atomic mass is 14.8. The quantitative estimate of drug-likeness (QED) is 0.160. The predicted octanol–water partition coefficient (Wildman–Crippen LogP) is 8.82. The van der Waals surface area contributed by atoms with Crippen LogP contribution in [0.2, 0.25) is 0 Å². The Bertz CT molecular complexity index is 2260. The maximum atomic E-state index is 6.25. The number of aromatic amines is 2. The lowest BCUT2D eigenvalue weighted by Gasteiger charge is -2.06. The summed E-state index contributed by atoms with van der Waals surface area (Å²) in [6.07, 6.45) is 8.27. The fraction of sp³-hybridized carbons (Fsp3) is 0. The highest BCUT2D eigenvalue weighted by Gasteiger charge is 2.17. The van der Waals surface area contributed by atoms with E-state index < -0.39 is 0 Å². The molecule has 6 aromatic rings. The van der Waals surface area contributed by atoms with E-state index in [9.17, 15) is 0 Å². The monoisotopic (exact) mass is 568 g/mol. The SMILES string of the molecule is Nc1cccc(-c2c3nc(c(-c4ccccc4)c4ccc([nH]4)c(-c4cccc(N)c4)c4nc(cc5ccc2[nH]5)C=C4)C=C3)c1. The standard InChI is InChI=1S/C38H28N6/c39-26-10-4-8-24(20-26)37-30-14-12-28(41-30)22-29-13-15-31(42-29)38(25-9-5-11-27(40)21-25)35-19-17-33(44-35)36(23-6-2-1-3-7-23)32-16-18-34(37)43-32/h1-22,41,44H,39-40H2. The van der Waals surface area contributed by atoms with E-state index in [0.29, 0.717) is 11.4 Å². The van der Waals surface area contributed by atoms with Gasteiger partial charge in [0.2, 0.25) is 0 Å². The van der Waals surface area contributed by atoms with Crippen molar-refractivity contribution < 1.29 is 0 Å². The van der Waals surface area contributed by atoms with Crippen LogP contribution in [0.15, 0.2) is 109 Å². The van der Waals surface area contributed by atoms with E-state index in [-0.39, 0.29) is 0 Å².